The number of benzene rings is 1. The summed E-state index contributed by atoms with van der Waals surface area (Å²) in [7, 11) is 0. The summed E-state index contributed by atoms with van der Waals surface area (Å²) in [6.07, 6.45) is -0.692. The van der Waals surface area contributed by atoms with E-state index in [2.05, 4.69) is 0 Å². The molecule has 0 spiro atoms. The molecular weight excluding hydrogens is 286 g/mol. The van der Waals surface area contributed by atoms with E-state index in [4.69, 9.17) is 27.8 Å². The molecule has 0 radical (unpaired) electrons. The molecule has 0 saturated carbocycles. The number of nitrogens with two attached hydrogens (primary N) is 1. The van der Waals surface area contributed by atoms with E-state index < -0.39 is 17.7 Å². The fourth-order valence-corrected chi connectivity index (χ4v) is 2.46. The number of halogens is 2. The lowest BCUT2D eigenvalue weighted by molar-refractivity contribution is -0.0423. The third-order valence-electron chi connectivity index (χ3n) is 3.15. The summed E-state index contributed by atoms with van der Waals surface area (Å²) < 4.78 is 33.7. The molecule has 110 valence electrons. The molecule has 1 saturated heterocycles. The Bertz CT molecular complexity index is 504. The molecule has 1 aliphatic heterocycles. The molecule has 0 bridgehead atoms. The van der Waals surface area contributed by atoms with Gasteiger partial charge in [0, 0.05) is 18.7 Å². The monoisotopic (exact) mass is 302 g/mol. The van der Waals surface area contributed by atoms with Gasteiger partial charge in [0.05, 0.1) is 18.8 Å². The summed E-state index contributed by atoms with van der Waals surface area (Å²) >= 11 is 4.72. The van der Waals surface area contributed by atoms with Crippen molar-refractivity contribution < 1.29 is 18.6 Å². The molecule has 1 aromatic rings. The third-order valence-corrected chi connectivity index (χ3v) is 3.38. The van der Waals surface area contributed by atoms with Crippen LogP contribution in [0.4, 0.5) is 14.5 Å². The number of nitrogens with zero attached hydrogens (tertiary/aromatic N) is 1. The van der Waals surface area contributed by atoms with Gasteiger partial charge in [-0.2, -0.15) is 0 Å². The van der Waals surface area contributed by atoms with Crippen LogP contribution in [-0.2, 0) is 4.74 Å². The Morgan fingerprint density at radius 2 is 2.05 bits per heavy atom. The van der Waals surface area contributed by atoms with Crippen molar-refractivity contribution in [2.24, 2.45) is 5.73 Å². The van der Waals surface area contributed by atoms with Crippen LogP contribution in [0.25, 0.3) is 0 Å². The van der Waals surface area contributed by atoms with Crippen molar-refractivity contribution in [1.29, 1.82) is 0 Å². The number of hydrogen-bond acceptors (Lipinski definition) is 4. The van der Waals surface area contributed by atoms with Crippen LogP contribution >= 0.6 is 12.2 Å². The van der Waals surface area contributed by atoms with E-state index in [9.17, 15) is 8.78 Å². The molecule has 2 rings (SSSR count). The number of rotatable bonds is 3. The first kappa shape index (κ1) is 15.1. The Hall–Kier alpha value is -1.31. The number of aliphatic hydroxyl groups is 1. The van der Waals surface area contributed by atoms with Gasteiger partial charge in [0.2, 0.25) is 0 Å². The van der Waals surface area contributed by atoms with Crippen LogP contribution < -0.4 is 10.6 Å². The standard InChI is InChI=1S/C13H16F2N2O2S/c1-7-4-17(5-9(6-18)19-7)12-10(14)2-8(13(16)20)3-11(12)15/h2-3,7,9,18H,4-6H2,1H3,(H2,16,20). The van der Waals surface area contributed by atoms with Crippen LogP contribution in [0.5, 0.6) is 0 Å². The summed E-state index contributed by atoms with van der Waals surface area (Å²) in [5.74, 6) is -1.45. The first-order valence-electron chi connectivity index (χ1n) is 6.22. The summed E-state index contributed by atoms with van der Waals surface area (Å²) in [6, 6.07) is 2.24. The fraction of sp³-hybridized carbons (Fsp3) is 0.462. The number of hydrogen-bond donors (Lipinski definition) is 2. The molecule has 7 heteroatoms. The highest BCUT2D eigenvalue weighted by atomic mass is 32.1. The molecule has 1 aliphatic rings. The van der Waals surface area contributed by atoms with Crippen molar-refractivity contribution in [3.63, 3.8) is 0 Å². The van der Waals surface area contributed by atoms with Gasteiger partial charge in [-0.15, -0.1) is 0 Å². The molecule has 2 unspecified atom stereocenters. The van der Waals surface area contributed by atoms with Crippen LogP contribution in [0.1, 0.15) is 12.5 Å². The normalized spacial score (nSPS) is 22.9. The zero-order valence-corrected chi connectivity index (χ0v) is 11.8. The quantitative estimate of drug-likeness (QED) is 0.821. The minimum absolute atomic E-state index is 0.0575. The van der Waals surface area contributed by atoms with E-state index in [1.54, 1.807) is 6.92 Å². The first-order chi connectivity index (χ1) is 9.42. The van der Waals surface area contributed by atoms with Crippen LogP contribution in [0.3, 0.4) is 0 Å². The Balaban J connectivity index is 2.34. The Kier molecular flexibility index (Phi) is 4.52. The maximum Gasteiger partial charge on any atom is 0.150 e. The van der Waals surface area contributed by atoms with Gasteiger partial charge in [0.1, 0.15) is 22.3 Å². The zero-order valence-electron chi connectivity index (χ0n) is 11.0. The molecule has 0 aromatic heterocycles. The van der Waals surface area contributed by atoms with Gasteiger partial charge in [-0.3, -0.25) is 0 Å². The smallest absolute Gasteiger partial charge is 0.150 e. The first-order valence-corrected chi connectivity index (χ1v) is 6.63. The highest BCUT2D eigenvalue weighted by Crippen LogP contribution is 2.28. The molecule has 20 heavy (non-hydrogen) atoms. The van der Waals surface area contributed by atoms with Gasteiger partial charge >= 0.3 is 0 Å². The molecule has 2 atom stereocenters. The van der Waals surface area contributed by atoms with Crippen LogP contribution in [0.15, 0.2) is 12.1 Å². The summed E-state index contributed by atoms with van der Waals surface area (Å²) in [6.45, 7) is 2.15. The van der Waals surface area contributed by atoms with Crippen LogP contribution in [0.2, 0.25) is 0 Å². The largest absolute Gasteiger partial charge is 0.394 e. The fourth-order valence-electron chi connectivity index (χ4n) is 2.34. The molecular formula is C13H16F2N2O2S. The van der Waals surface area contributed by atoms with Gasteiger partial charge in [-0.25, -0.2) is 8.78 Å². The van der Waals surface area contributed by atoms with E-state index in [0.29, 0.717) is 6.54 Å². The van der Waals surface area contributed by atoms with E-state index in [-0.39, 0.29) is 35.5 Å². The molecule has 1 fully saturated rings. The van der Waals surface area contributed by atoms with Crippen molar-refractivity contribution in [1.82, 2.24) is 0 Å². The minimum Gasteiger partial charge on any atom is -0.394 e. The number of anilines is 1. The van der Waals surface area contributed by atoms with Crippen molar-refractivity contribution >= 4 is 22.9 Å². The molecule has 0 amide bonds. The molecule has 3 N–H and O–H groups in total. The highest BCUT2D eigenvalue weighted by Gasteiger charge is 2.28. The Labute approximate surface area is 121 Å². The lowest BCUT2D eigenvalue weighted by Gasteiger charge is -2.37. The second-order valence-electron chi connectivity index (χ2n) is 4.81. The van der Waals surface area contributed by atoms with Crippen molar-refractivity contribution in [2.45, 2.75) is 19.1 Å². The average Bonchev–Trinajstić information content (AvgIpc) is 2.37. The second kappa shape index (κ2) is 5.99. The van der Waals surface area contributed by atoms with Gasteiger partial charge < -0.3 is 20.5 Å². The maximum absolute atomic E-state index is 14.1. The van der Waals surface area contributed by atoms with E-state index in [1.807, 2.05) is 0 Å². The lowest BCUT2D eigenvalue weighted by atomic mass is 10.1. The van der Waals surface area contributed by atoms with Crippen molar-refractivity contribution in [3.8, 4) is 0 Å². The van der Waals surface area contributed by atoms with Gasteiger partial charge in [0.15, 0.2) is 0 Å². The summed E-state index contributed by atoms with van der Waals surface area (Å²) in [5.41, 5.74) is 5.39. The number of morpholine rings is 1. The van der Waals surface area contributed by atoms with E-state index in [1.165, 1.54) is 4.90 Å². The van der Waals surface area contributed by atoms with E-state index >= 15 is 0 Å². The summed E-state index contributed by atoms with van der Waals surface area (Å²) in [5, 5.41) is 9.16. The van der Waals surface area contributed by atoms with Crippen LogP contribution in [0, 0.1) is 11.6 Å². The van der Waals surface area contributed by atoms with Gasteiger partial charge in [0.25, 0.3) is 0 Å². The molecule has 4 nitrogen and oxygen atoms in total. The Morgan fingerprint density at radius 3 is 2.55 bits per heavy atom. The highest BCUT2D eigenvalue weighted by molar-refractivity contribution is 7.80. The Morgan fingerprint density at radius 1 is 1.45 bits per heavy atom. The van der Waals surface area contributed by atoms with E-state index in [0.717, 1.165) is 12.1 Å². The molecule has 1 heterocycles. The van der Waals surface area contributed by atoms with Gasteiger partial charge in [-0.1, -0.05) is 12.2 Å². The van der Waals surface area contributed by atoms with Crippen molar-refractivity contribution in [2.75, 3.05) is 24.6 Å². The SMILES string of the molecule is CC1CN(c2c(F)cc(C(N)=S)cc2F)CC(CO)O1. The summed E-state index contributed by atoms with van der Waals surface area (Å²) in [4.78, 5) is 1.47. The van der Waals surface area contributed by atoms with Crippen LogP contribution in [-0.4, -0.2) is 42.0 Å². The number of ether oxygens (including phenoxy) is 1. The maximum atomic E-state index is 14.1. The minimum atomic E-state index is -0.724. The molecule has 1 aromatic carbocycles. The average molecular weight is 302 g/mol. The predicted octanol–water partition coefficient (Wildman–Crippen LogP) is 1.19. The predicted molar refractivity (Wildman–Crippen MR) is 75.9 cm³/mol. The lowest BCUT2D eigenvalue weighted by Crippen LogP contribution is -2.48. The topological polar surface area (TPSA) is 58.7 Å². The third kappa shape index (κ3) is 3.05. The van der Waals surface area contributed by atoms with Crippen molar-refractivity contribution in [3.05, 3.63) is 29.3 Å². The molecule has 0 aliphatic carbocycles. The zero-order chi connectivity index (χ0) is 14.9. The second-order valence-corrected chi connectivity index (χ2v) is 5.25. The number of thiocarbonyl (C=S) groups is 1. The number of aliphatic hydroxyl groups excluding tert-OH is 1. The van der Waals surface area contributed by atoms with Gasteiger partial charge in [-0.05, 0) is 19.1 Å².